The molecule has 1 aromatic heterocycles. The number of rotatable bonds is 4. The van der Waals surface area contributed by atoms with E-state index in [-0.39, 0.29) is 30.2 Å². The highest BCUT2D eigenvalue weighted by Gasteiger charge is 2.30. The molecule has 0 saturated heterocycles. The number of benzene rings is 1. The Balaban J connectivity index is 1.48. The van der Waals surface area contributed by atoms with Gasteiger partial charge in [-0.2, -0.15) is 0 Å². The molecule has 1 aliphatic heterocycles. The Labute approximate surface area is 153 Å². The standard InChI is InChI=1S/C18H17N3O4S/c1-9-6-15(21-17(23)10-2-3-10)26-16(9)18(24)19-11-4-5-13-12(7-11)20-14(22)8-25-13/h4-7,10H,2-3,8H2,1H3,(H,19,24)(H,20,22)(H,21,23). The quantitative estimate of drug-likeness (QED) is 0.770. The lowest BCUT2D eigenvalue weighted by Gasteiger charge is -2.18. The molecular formula is C18H17N3O4S. The number of carbonyl (C=O) groups excluding carboxylic acids is 3. The van der Waals surface area contributed by atoms with E-state index in [0.717, 1.165) is 18.4 Å². The van der Waals surface area contributed by atoms with Crippen molar-refractivity contribution < 1.29 is 19.1 Å². The fourth-order valence-corrected chi connectivity index (χ4v) is 3.66. The van der Waals surface area contributed by atoms with Gasteiger partial charge in [-0.25, -0.2) is 0 Å². The van der Waals surface area contributed by atoms with Crippen LogP contribution in [-0.4, -0.2) is 24.3 Å². The van der Waals surface area contributed by atoms with Crippen molar-refractivity contribution in [1.82, 2.24) is 0 Å². The molecule has 2 heterocycles. The summed E-state index contributed by atoms with van der Waals surface area (Å²) < 4.78 is 5.30. The van der Waals surface area contributed by atoms with Gasteiger partial charge >= 0.3 is 0 Å². The van der Waals surface area contributed by atoms with Gasteiger partial charge in [0.05, 0.1) is 15.6 Å². The van der Waals surface area contributed by atoms with Gasteiger partial charge in [0.25, 0.3) is 11.8 Å². The summed E-state index contributed by atoms with van der Waals surface area (Å²) in [5, 5.41) is 9.07. The SMILES string of the molecule is Cc1cc(NC(=O)C2CC2)sc1C(=O)Nc1ccc2c(c1)NC(=O)CO2. The molecule has 0 radical (unpaired) electrons. The Hall–Kier alpha value is -2.87. The van der Waals surface area contributed by atoms with Crippen LogP contribution in [0.4, 0.5) is 16.4 Å². The molecule has 0 spiro atoms. The van der Waals surface area contributed by atoms with Gasteiger partial charge in [0, 0.05) is 11.6 Å². The predicted molar refractivity (Wildman–Crippen MR) is 98.9 cm³/mol. The summed E-state index contributed by atoms with van der Waals surface area (Å²) in [5.74, 6) is 0.208. The molecule has 1 aromatic carbocycles. The summed E-state index contributed by atoms with van der Waals surface area (Å²) in [5.41, 5.74) is 1.88. The van der Waals surface area contributed by atoms with Crippen molar-refractivity contribution in [1.29, 1.82) is 0 Å². The van der Waals surface area contributed by atoms with Crippen molar-refractivity contribution in [2.45, 2.75) is 19.8 Å². The molecule has 1 saturated carbocycles. The van der Waals surface area contributed by atoms with Crippen molar-refractivity contribution in [2.75, 3.05) is 22.6 Å². The maximum Gasteiger partial charge on any atom is 0.266 e. The maximum atomic E-state index is 12.6. The average Bonchev–Trinajstić information content (AvgIpc) is 3.38. The molecule has 0 bridgehead atoms. The molecule has 7 nitrogen and oxygen atoms in total. The highest BCUT2D eigenvalue weighted by Crippen LogP contribution is 2.34. The molecular weight excluding hydrogens is 354 g/mol. The number of carbonyl (C=O) groups is 3. The minimum atomic E-state index is -0.262. The molecule has 4 rings (SSSR count). The molecule has 1 aliphatic carbocycles. The lowest BCUT2D eigenvalue weighted by atomic mass is 10.2. The molecule has 1 fully saturated rings. The van der Waals surface area contributed by atoms with Gasteiger partial charge in [0.1, 0.15) is 5.75 Å². The third-order valence-electron chi connectivity index (χ3n) is 4.19. The van der Waals surface area contributed by atoms with Crippen LogP contribution in [-0.2, 0) is 9.59 Å². The molecule has 3 amide bonds. The van der Waals surface area contributed by atoms with Crippen molar-refractivity contribution in [2.24, 2.45) is 5.92 Å². The van der Waals surface area contributed by atoms with Crippen LogP contribution < -0.4 is 20.7 Å². The monoisotopic (exact) mass is 371 g/mol. The molecule has 2 aromatic rings. The van der Waals surface area contributed by atoms with E-state index in [1.54, 1.807) is 24.3 Å². The van der Waals surface area contributed by atoms with Crippen molar-refractivity contribution in [3.8, 4) is 5.75 Å². The Morgan fingerprint density at radius 2 is 2.04 bits per heavy atom. The third kappa shape index (κ3) is 3.41. The molecule has 0 atom stereocenters. The van der Waals surface area contributed by atoms with Crippen LogP contribution in [0.5, 0.6) is 5.75 Å². The zero-order valence-corrected chi connectivity index (χ0v) is 14.9. The second kappa shape index (κ2) is 6.45. The van der Waals surface area contributed by atoms with Crippen molar-refractivity contribution in [3.63, 3.8) is 0 Å². The van der Waals surface area contributed by atoms with Gasteiger partial charge in [0.15, 0.2) is 6.61 Å². The van der Waals surface area contributed by atoms with E-state index in [9.17, 15) is 14.4 Å². The van der Waals surface area contributed by atoms with Crippen LogP contribution in [0.1, 0.15) is 28.1 Å². The highest BCUT2D eigenvalue weighted by molar-refractivity contribution is 7.18. The molecule has 8 heteroatoms. The van der Waals surface area contributed by atoms with Crippen LogP contribution in [0.25, 0.3) is 0 Å². The van der Waals surface area contributed by atoms with E-state index in [4.69, 9.17) is 4.74 Å². The lowest BCUT2D eigenvalue weighted by Crippen LogP contribution is -2.25. The van der Waals surface area contributed by atoms with Crippen LogP contribution >= 0.6 is 11.3 Å². The number of aryl methyl sites for hydroxylation is 1. The van der Waals surface area contributed by atoms with Crippen molar-refractivity contribution >= 4 is 45.4 Å². The topological polar surface area (TPSA) is 96.5 Å². The van der Waals surface area contributed by atoms with Gasteiger partial charge < -0.3 is 20.7 Å². The number of anilines is 3. The van der Waals surface area contributed by atoms with E-state index >= 15 is 0 Å². The van der Waals surface area contributed by atoms with Gasteiger partial charge in [-0.05, 0) is 49.6 Å². The fraction of sp³-hybridized carbons (Fsp3) is 0.278. The fourth-order valence-electron chi connectivity index (χ4n) is 2.69. The van der Waals surface area contributed by atoms with Gasteiger partial charge in [-0.1, -0.05) is 0 Å². The Morgan fingerprint density at radius 1 is 1.23 bits per heavy atom. The summed E-state index contributed by atoms with van der Waals surface area (Å²) in [6.07, 6.45) is 1.87. The van der Waals surface area contributed by atoms with Crippen molar-refractivity contribution in [3.05, 3.63) is 34.7 Å². The minimum absolute atomic E-state index is 0.0115. The minimum Gasteiger partial charge on any atom is -0.482 e. The van der Waals surface area contributed by atoms with E-state index in [1.165, 1.54) is 11.3 Å². The number of ether oxygens (including phenoxy) is 1. The largest absolute Gasteiger partial charge is 0.482 e. The van der Waals surface area contributed by atoms with Gasteiger partial charge in [0.2, 0.25) is 5.91 Å². The summed E-state index contributed by atoms with van der Waals surface area (Å²) in [6.45, 7) is 1.82. The summed E-state index contributed by atoms with van der Waals surface area (Å²) in [7, 11) is 0. The molecule has 26 heavy (non-hydrogen) atoms. The number of fused-ring (bicyclic) bond motifs is 1. The number of hydrogen-bond acceptors (Lipinski definition) is 5. The Kier molecular flexibility index (Phi) is 4.12. The predicted octanol–water partition coefficient (Wildman–Crippen LogP) is 2.99. The first-order chi connectivity index (χ1) is 12.5. The summed E-state index contributed by atoms with van der Waals surface area (Å²) >= 11 is 1.25. The third-order valence-corrected chi connectivity index (χ3v) is 5.34. The maximum absolute atomic E-state index is 12.6. The van der Waals surface area contributed by atoms with Crippen LogP contribution in [0, 0.1) is 12.8 Å². The highest BCUT2D eigenvalue weighted by atomic mass is 32.1. The van der Waals surface area contributed by atoms with Crippen LogP contribution in [0.15, 0.2) is 24.3 Å². The molecule has 0 unspecified atom stereocenters. The number of amides is 3. The first-order valence-electron chi connectivity index (χ1n) is 8.29. The normalized spacial score (nSPS) is 15.5. The number of thiophene rings is 1. The van der Waals surface area contributed by atoms with Gasteiger partial charge in [-0.15, -0.1) is 11.3 Å². The first-order valence-corrected chi connectivity index (χ1v) is 9.10. The molecule has 134 valence electrons. The van der Waals surface area contributed by atoms with E-state index in [0.29, 0.717) is 27.0 Å². The van der Waals surface area contributed by atoms with Crippen LogP contribution in [0.3, 0.4) is 0 Å². The number of hydrogen-bond donors (Lipinski definition) is 3. The molecule has 3 N–H and O–H groups in total. The summed E-state index contributed by atoms with van der Waals surface area (Å²) in [6, 6.07) is 6.88. The average molecular weight is 371 g/mol. The smallest absolute Gasteiger partial charge is 0.266 e. The second-order valence-corrected chi connectivity index (χ2v) is 7.44. The van der Waals surface area contributed by atoms with E-state index in [2.05, 4.69) is 16.0 Å². The zero-order chi connectivity index (χ0) is 18.3. The lowest BCUT2D eigenvalue weighted by molar-refractivity contribution is -0.119. The summed E-state index contributed by atoms with van der Waals surface area (Å²) in [4.78, 5) is 36.4. The Morgan fingerprint density at radius 3 is 2.81 bits per heavy atom. The first kappa shape index (κ1) is 16.6. The number of nitrogens with one attached hydrogen (secondary N) is 3. The Bertz CT molecular complexity index is 917. The van der Waals surface area contributed by atoms with Gasteiger partial charge in [-0.3, -0.25) is 14.4 Å². The van der Waals surface area contributed by atoms with Crippen LogP contribution in [0.2, 0.25) is 0 Å². The molecule has 2 aliphatic rings. The van der Waals surface area contributed by atoms with E-state index in [1.807, 2.05) is 6.92 Å². The van der Waals surface area contributed by atoms with E-state index < -0.39 is 0 Å². The zero-order valence-electron chi connectivity index (χ0n) is 14.0. The second-order valence-electron chi connectivity index (χ2n) is 6.39.